The molecule has 2 rings (SSSR count). The third kappa shape index (κ3) is 7.95. The summed E-state index contributed by atoms with van der Waals surface area (Å²) in [5.74, 6) is 0.524. The summed E-state index contributed by atoms with van der Waals surface area (Å²) in [6.45, 7) is 2.24. The third-order valence-corrected chi connectivity index (χ3v) is 12.7. The van der Waals surface area contributed by atoms with E-state index >= 15 is 0 Å². The zero-order chi connectivity index (χ0) is 23.5. The van der Waals surface area contributed by atoms with Gasteiger partial charge < -0.3 is 5.53 Å². The van der Waals surface area contributed by atoms with Crippen molar-refractivity contribution in [1.29, 1.82) is 0 Å². The summed E-state index contributed by atoms with van der Waals surface area (Å²) in [6, 6.07) is 0. The van der Waals surface area contributed by atoms with Crippen molar-refractivity contribution in [2.24, 2.45) is 5.92 Å². The molecule has 2 fully saturated rings. The molecule has 6 nitrogen and oxygen atoms in total. The van der Waals surface area contributed by atoms with Gasteiger partial charge in [-0.25, -0.2) is 16.8 Å². The first kappa shape index (κ1) is 27.5. The van der Waals surface area contributed by atoms with Crippen LogP contribution in [0.1, 0.15) is 129 Å². The minimum atomic E-state index is -4.13. The highest BCUT2D eigenvalue weighted by atomic mass is 32.3. The van der Waals surface area contributed by atoms with E-state index in [1.165, 1.54) is 57.8 Å². The predicted molar refractivity (Wildman–Crippen MR) is 131 cm³/mol. The smallest absolute Gasteiger partial charge is 0.359 e. The first-order valence-corrected chi connectivity index (χ1v) is 16.1. The van der Waals surface area contributed by atoms with Gasteiger partial charge in [0, 0.05) is 0 Å². The maximum Gasteiger partial charge on any atom is 0.495 e. The lowest BCUT2D eigenvalue weighted by atomic mass is 9.85. The Balaban J connectivity index is 1.76. The van der Waals surface area contributed by atoms with Crippen LogP contribution in [0.5, 0.6) is 0 Å². The normalized spacial score (nSPS) is 23.0. The van der Waals surface area contributed by atoms with Gasteiger partial charge in [-0.15, -0.1) is 4.79 Å². The molecule has 0 heterocycles. The van der Waals surface area contributed by atoms with Gasteiger partial charge in [0.25, 0.3) is 19.7 Å². The van der Waals surface area contributed by atoms with E-state index in [0.717, 1.165) is 38.5 Å². The number of rotatable bonds is 12. The summed E-state index contributed by atoms with van der Waals surface area (Å²) in [6.07, 6.45) is 18.8. The number of unbranched alkanes of at least 4 members (excludes halogenated alkanes) is 8. The van der Waals surface area contributed by atoms with Gasteiger partial charge >= 0.3 is 4.38 Å². The molecule has 0 bridgehead atoms. The van der Waals surface area contributed by atoms with Gasteiger partial charge in [0.2, 0.25) is 0 Å². The van der Waals surface area contributed by atoms with Crippen LogP contribution >= 0.6 is 0 Å². The first-order valence-electron chi connectivity index (χ1n) is 13.0. The number of hydrogen-bond acceptors (Lipinski definition) is 4. The molecule has 0 N–H and O–H groups in total. The van der Waals surface area contributed by atoms with E-state index in [1.807, 2.05) is 0 Å². The van der Waals surface area contributed by atoms with Crippen molar-refractivity contribution in [3.05, 3.63) is 5.53 Å². The summed E-state index contributed by atoms with van der Waals surface area (Å²) < 4.78 is 51.0. The number of sulfone groups is 2. The van der Waals surface area contributed by atoms with Crippen LogP contribution in [0.4, 0.5) is 0 Å². The van der Waals surface area contributed by atoms with E-state index in [0.29, 0.717) is 31.6 Å². The summed E-state index contributed by atoms with van der Waals surface area (Å²) in [5.41, 5.74) is 9.39. The fraction of sp³-hybridized carbons (Fsp3) is 0.958. The van der Waals surface area contributed by atoms with Crippen LogP contribution in [0.15, 0.2) is 0 Å². The van der Waals surface area contributed by atoms with Gasteiger partial charge in [-0.3, -0.25) is 0 Å². The molecule has 0 radical (unpaired) electrons. The molecule has 2 aliphatic carbocycles. The molecule has 8 heteroatoms. The van der Waals surface area contributed by atoms with Crippen LogP contribution < -0.4 is 0 Å². The molecule has 0 saturated heterocycles. The topological polar surface area (TPSA) is 105 Å². The quantitative estimate of drug-likeness (QED) is 0.107. The molecule has 0 aromatic heterocycles. The molecule has 32 heavy (non-hydrogen) atoms. The summed E-state index contributed by atoms with van der Waals surface area (Å²) in [7, 11) is -8.25. The first-order chi connectivity index (χ1) is 15.3. The molecule has 0 aromatic rings. The fourth-order valence-electron chi connectivity index (χ4n) is 5.41. The van der Waals surface area contributed by atoms with Crippen molar-refractivity contribution in [3.8, 4) is 0 Å². The molecule has 2 aliphatic rings. The lowest BCUT2D eigenvalue weighted by Gasteiger charge is -2.27. The van der Waals surface area contributed by atoms with E-state index in [-0.39, 0.29) is 0 Å². The van der Waals surface area contributed by atoms with Crippen LogP contribution in [-0.4, -0.2) is 36.5 Å². The highest BCUT2D eigenvalue weighted by Crippen LogP contribution is 2.34. The second-order valence-corrected chi connectivity index (χ2v) is 14.5. The van der Waals surface area contributed by atoms with Gasteiger partial charge in [0.1, 0.15) is 0 Å². The van der Waals surface area contributed by atoms with Gasteiger partial charge in [-0.1, -0.05) is 90.4 Å². The Morgan fingerprint density at radius 1 is 0.688 bits per heavy atom. The van der Waals surface area contributed by atoms with Crippen molar-refractivity contribution in [2.75, 3.05) is 0 Å². The number of nitrogens with zero attached hydrogens (tertiary/aromatic N) is 2. The summed E-state index contributed by atoms with van der Waals surface area (Å²) >= 11 is 0. The summed E-state index contributed by atoms with van der Waals surface area (Å²) in [4.78, 5) is 2.84. The van der Waals surface area contributed by atoms with Crippen molar-refractivity contribution in [1.82, 2.24) is 0 Å². The van der Waals surface area contributed by atoms with Crippen molar-refractivity contribution in [2.45, 2.75) is 139 Å². The Morgan fingerprint density at radius 2 is 1.16 bits per heavy atom. The Labute approximate surface area is 196 Å². The van der Waals surface area contributed by atoms with E-state index in [9.17, 15) is 22.4 Å². The maximum absolute atomic E-state index is 13.1. The molecular weight excluding hydrogens is 444 g/mol. The second kappa shape index (κ2) is 13.9. The minimum Gasteiger partial charge on any atom is -0.359 e. The van der Waals surface area contributed by atoms with Crippen LogP contribution in [0, 0.1) is 5.92 Å². The number of hydrogen-bond donors (Lipinski definition) is 0. The molecule has 2 saturated carbocycles. The van der Waals surface area contributed by atoms with Gasteiger partial charge in [0.15, 0.2) is 0 Å². The van der Waals surface area contributed by atoms with E-state index < -0.39 is 34.6 Å². The largest absolute Gasteiger partial charge is 0.495 e. The molecule has 186 valence electrons. The zero-order valence-electron chi connectivity index (χ0n) is 20.0. The van der Waals surface area contributed by atoms with Crippen LogP contribution in [0.3, 0.4) is 0 Å². The molecule has 0 spiro atoms. The minimum absolute atomic E-state index is 0.447. The van der Waals surface area contributed by atoms with E-state index in [1.54, 1.807) is 0 Å². The van der Waals surface area contributed by atoms with E-state index in [2.05, 4.69) is 11.7 Å². The standard InChI is InChI=1S/C24H44N2O4S2/c1-2-3-4-5-6-7-8-9-11-14-21-17-19-23(20-18-21)32(29,30)24(26-25)31(27,28)22-15-12-10-13-16-22/h21-23H,2-20H2,1H3. The molecule has 0 atom stereocenters. The van der Waals surface area contributed by atoms with Crippen molar-refractivity contribution >= 4 is 24.1 Å². The van der Waals surface area contributed by atoms with Crippen LogP contribution in [0.25, 0.3) is 5.53 Å². The Hall–Kier alpha value is -0.720. The molecule has 0 unspecified atom stereocenters. The van der Waals surface area contributed by atoms with Gasteiger partial charge in [0.05, 0.1) is 10.5 Å². The Kier molecular flexibility index (Phi) is 11.9. The van der Waals surface area contributed by atoms with Crippen LogP contribution in [0.2, 0.25) is 0 Å². The predicted octanol–water partition coefficient (Wildman–Crippen LogP) is 6.21. The lowest BCUT2D eigenvalue weighted by Crippen LogP contribution is -2.41. The highest BCUT2D eigenvalue weighted by Gasteiger charge is 2.50. The SMILES string of the molecule is CCCCCCCCCCCC1CCC(S(=O)(=O)C(=[N+]=[N-])S(=O)(=O)C2CCCCC2)CC1. The van der Waals surface area contributed by atoms with Crippen molar-refractivity contribution < 1.29 is 21.6 Å². The maximum atomic E-state index is 13.1. The molecule has 0 aliphatic heterocycles. The average molecular weight is 489 g/mol. The third-order valence-electron chi connectivity index (χ3n) is 7.51. The molecular formula is C24H44N2O4S2. The van der Waals surface area contributed by atoms with Gasteiger partial charge in [-0.05, 0) is 44.4 Å². The Bertz CT molecular complexity index is 803. The van der Waals surface area contributed by atoms with Crippen LogP contribution in [-0.2, 0) is 19.7 Å². The summed E-state index contributed by atoms with van der Waals surface area (Å²) in [5, 5.41) is -1.48. The van der Waals surface area contributed by atoms with E-state index in [4.69, 9.17) is 0 Å². The average Bonchev–Trinajstić information content (AvgIpc) is 2.79. The monoisotopic (exact) mass is 488 g/mol. The Morgan fingerprint density at radius 3 is 1.66 bits per heavy atom. The molecule has 0 aromatic carbocycles. The fourth-order valence-corrected chi connectivity index (χ4v) is 10.2. The zero-order valence-corrected chi connectivity index (χ0v) is 21.6. The molecule has 0 amide bonds. The second-order valence-electron chi connectivity index (χ2n) is 9.98. The highest BCUT2D eigenvalue weighted by molar-refractivity contribution is 8.31. The lowest BCUT2D eigenvalue weighted by molar-refractivity contribution is 0.00358. The van der Waals surface area contributed by atoms with Gasteiger partial charge in [-0.2, -0.15) is 0 Å². The van der Waals surface area contributed by atoms with Crippen molar-refractivity contribution in [3.63, 3.8) is 0 Å².